The summed E-state index contributed by atoms with van der Waals surface area (Å²) < 4.78 is 5.50. The SMILES string of the molecule is CCOc1cccc(CNc2cnc3ccccc3n2)c1. The highest BCUT2D eigenvalue weighted by Gasteiger charge is 2.00. The number of hydrogen-bond acceptors (Lipinski definition) is 4. The van der Waals surface area contributed by atoms with Gasteiger partial charge in [0.1, 0.15) is 11.6 Å². The van der Waals surface area contributed by atoms with Crippen LogP contribution in [0.5, 0.6) is 5.75 Å². The first-order valence-electron chi connectivity index (χ1n) is 7.02. The number of hydrogen-bond donors (Lipinski definition) is 1. The minimum atomic E-state index is 0.674. The Kier molecular flexibility index (Phi) is 3.96. The molecule has 0 unspecified atom stereocenters. The number of anilines is 1. The zero-order valence-corrected chi connectivity index (χ0v) is 11.9. The molecule has 0 bridgehead atoms. The number of benzene rings is 2. The maximum atomic E-state index is 5.50. The van der Waals surface area contributed by atoms with Crippen LogP contribution in [0.2, 0.25) is 0 Å². The Morgan fingerprint density at radius 3 is 2.76 bits per heavy atom. The minimum Gasteiger partial charge on any atom is -0.494 e. The second kappa shape index (κ2) is 6.22. The molecule has 0 saturated carbocycles. The summed E-state index contributed by atoms with van der Waals surface area (Å²) in [6.07, 6.45) is 1.76. The van der Waals surface area contributed by atoms with Crippen molar-refractivity contribution < 1.29 is 4.74 Å². The van der Waals surface area contributed by atoms with Crippen molar-refractivity contribution >= 4 is 16.9 Å². The summed E-state index contributed by atoms with van der Waals surface area (Å²) >= 11 is 0. The zero-order valence-electron chi connectivity index (χ0n) is 11.9. The van der Waals surface area contributed by atoms with Crippen LogP contribution in [0.15, 0.2) is 54.7 Å². The van der Waals surface area contributed by atoms with Crippen molar-refractivity contribution in [3.05, 3.63) is 60.3 Å². The monoisotopic (exact) mass is 279 g/mol. The van der Waals surface area contributed by atoms with E-state index >= 15 is 0 Å². The van der Waals surface area contributed by atoms with Crippen molar-refractivity contribution in [3.8, 4) is 5.75 Å². The van der Waals surface area contributed by atoms with Gasteiger partial charge in [-0.3, -0.25) is 4.98 Å². The quantitative estimate of drug-likeness (QED) is 0.774. The second-order valence-electron chi connectivity index (χ2n) is 4.68. The van der Waals surface area contributed by atoms with E-state index in [1.54, 1.807) is 6.20 Å². The largest absolute Gasteiger partial charge is 0.494 e. The summed E-state index contributed by atoms with van der Waals surface area (Å²) in [5.74, 6) is 1.66. The van der Waals surface area contributed by atoms with Gasteiger partial charge in [0.25, 0.3) is 0 Å². The fourth-order valence-corrected chi connectivity index (χ4v) is 2.15. The summed E-state index contributed by atoms with van der Waals surface area (Å²) in [7, 11) is 0. The molecule has 0 fully saturated rings. The average Bonchev–Trinajstić information content (AvgIpc) is 2.53. The van der Waals surface area contributed by atoms with Crippen LogP contribution in [0.25, 0.3) is 11.0 Å². The van der Waals surface area contributed by atoms with Crippen LogP contribution in [-0.4, -0.2) is 16.6 Å². The Bertz CT molecular complexity index is 743. The van der Waals surface area contributed by atoms with E-state index in [-0.39, 0.29) is 0 Å². The molecule has 4 heteroatoms. The zero-order chi connectivity index (χ0) is 14.5. The highest BCUT2D eigenvalue weighted by Crippen LogP contribution is 2.15. The van der Waals surface area contributed by atoms with Crippen molar-refractivity contribution in [1.82, 2.24) is 9.97 Å². The topological polar surface area (TPSA) is 47.0 Å². The van der Waals surface area contributed by atoms with Gasteiger partial charge in [-0.1, -0.05) is 24.3 Å². The number of rotatable bonds is 5. The van der Waals surface area contributed by atoms with Gasteiger partial charge in [-0.25, -0.2) is 4.98 Å². The van der Waals surface area contributed by atoms with Crippen LogP contribution in [0.3, 0.4) is 0 Å². The smallest absolute Gasteiger partial charge is 0.145 e. The lowest BCUT2D eigenvalue weighted by Crippen LogP contribution is -2.02. The van der Waals surface area contributed by atoms with Crippen molar-refractivity contribution in [3.63, 3.8) is 0 Å². The lowest BCUT2D eigenvalue weighted by Gasteiger charge is -2.08. The van der Waals surface area contributed by atoms with Crippen molar-refractivity contribution in [2.75, 3.05) is 11.9 Å². The van der Waals surface area contributed by atoms with Gasteiger partial charge in [-0.2, -0.15) is 0 Å². The van der Waals surface area contributed by atoms with E-state index in [2.05, 4.69) is 21.4 Å². The van der Waals surface area contributed by atoms with E-state index in [4.69, 9.17) is 4.74 Å². The number of aromatic nitrogens is 2. The molecule has 0 amide bonds. The fourth-order valence-electron chi connectivity index (χ4n) is 2.15. The van der Waals surface area contributed by atoms with Crippen LogP contribution in [0.4, 0.5) is 5.82 Å². The molecule has 106 valence electrons. The molecule has 21 heavy (non-hydrogen) atoms. The van der Waals surface area contributed by atoms with Crippen LogP contribution in [0, 0.1) is 0 Å². The first kappa shape index (κ1) is 13.4. The maximum absolute atomic E-state index is 5.50. The third-order valence-corrected chi connectivity index (χ3v) is 3.13. The number of nitrogens with one attached hydrogen (secondary N) is 1. The third-order valence-electron chi connectivity index (χ3n) is 3.13. The van der Waals surface area contributed by atoms with Crippen molar-refractivity contribution in [2.24, 2.45) is 0 Å². The predicted octanol–water partition coefficient (Wildman–Crippen LogP) is 3.64. The second-order valence-corrected chi connectivity index (χ2v) is 4.68. The van der Waals surface area contributed by atoms with Gasteiger partial charge < -0.3 is 10.1 Å². The number of nitrogens with zero attached hydrogens (tertiary/aromatic N) is 2. The maximum Gasteiger partial charge on any atom is 0.145 e. The predicted molar refractivity (Wildman–Crippen MR) is 84.5 cm³/mol. The molecule has 3 aromatic rings. The highest BCUT2D eigenvalue weighted by molar-refractivity contribution is 5.75. The molecular formula is C17H17N3O. The molecular weight excluding hydrogens is 262 g/mol. The molecule has 0 aliphatic heterocycles. The van der Waals surface area contributed by atoms with Gasteiger partial charge in [-0.15, -0.1) is 0 Å². The molecule has 4 nitrogen and oxygen atoms in total. The summed E-state index contributed by atoms with van der Waals surface area (Å²) in [6, 6.07) is 15.9. The Balaban J connectivity index is 1.72. The lowest BCUT2D eigenvalue weighted by molar-refractivity contribution is 0.340. The highest BCUT2D eigenvalue weighted by atomic mass is 16.5. The van der Waals surface area contributed by atoms with E-state index in [9.17, 15) is 0 Å². The van der Waals surface area contributed by atoms with Crippen molar-refractivity contribution in [1.29, 1.82) is 0 Å². The summed E-state index contributed by atoms with van der Waals surface area (Å²) in [5, 5.41) is 3.29. The van der Waals surface area contributed by atoms with E-state index in [1.807, 2.05) is 49.4 Å². The van der Waals surface area contributed by atoms with E-state index in [1.165, 1.54) is 0 Å². The Morgan fingerprint density at radius 1 is 1.05 bits per heavy atom. The van der Waals surface area contributed by atoms with E-state index in [0.717, 1.165) is 28.2 Å². The molecule has 1 aromatic heterocycles. The van der Waals surface area contributed by atoms with Gasteiger partial charge in [0.05, 0.1) is 23.8 Å². The Morgan fingerprint density at radius 2 is 1.90 bits per heavy atom. The molecule has 0 spiro atoms. The van der Waals surface area contributed by atoms with Gasteiger partial charge in [0, 0.05) is 6.54 Å². The van der Waals surface area contributed by atoms with Gasteiger partial charge >= 0.3 is 0 Å². The molecule has 2 aromatic carbocycles. The number of fused-ring (bicyclic) bond motifs is 1. The first-order valence-corrected chi connectivity index (χ1v) is 7.02. The Labute approximate surface area is 123 Å². The molecule has 0 radical (unpaired) electrons. The lowest BCUT2D eigenvalue weighted by atomic mass is 10.2. The van der Waals surface area contributed by atoms with Crippen LogP contribution in [0.1, 0.15) is 12.5 Å². The number of ether oxygens (including phenoxy) is 1. The van der Waals surface area contributed by atoms with Crippen LogP contribution in [-0.2, 0) is 6.54 Å². The summed E-state index contributed by atoms with van der Waals surface area (Å²) in [4.78, 5) is 8.93. The minimum absolute atomic E-state index is 0.674. The van der Waals surface area contributed by atoms with Gasteiger partial charge in [0.15, 0.2) is 0 Å². The van der Waals surface area contributed by atoms with E-state index in [0.29, 0.717) is 13.2 Å². The molecule has 0 atom stereocenters. The molecule has 3 rings (SSSR count). The Hall–Kier alpha value is -2.62. The van der Waals surface area contributed by atoms with Gasteiger partial charge in [-0.05, 0) is 36.8 Å². The molecule has 0 aliphatic carbocycles. The third kappa shape index (κ3) is 3.28. The molecule has 0 aliphatic rings. The molecule has 0 saturated heterocycles. The summed E-state index contributed by atoms with van der Waals surface area (Å²) in [6.45, 7) is 3.34. The number of para-hydroxylation sites is 2. The van der Waals surface area contributed by atoms with E-state index < -0.39 is 0 Å². The average molecular weight is 279 g/mol. The van der Waals surface area contributed by atoms with Crippen LogP contribution < -0.4 is 10.1 Å². The first-order chi connectivity index (χ1) is 10.3. The fraction of sp³-hybridized carbons (Fsp3) is 0.176. The summed E-state index contributed by atoms with van der Waals surface area (Å²) in [5.41, 5.74) is 2.95. The molecule has 1 N–H and O–H groups in total. The molecule has 1 heterocycles. The normalized spacial score (nSPS) is 10.5. The van der Waals surface area contributed by atoms with Gasteiger partial charge in [0.2, 0.25) is 0 Å². The standard InChI is InChI=1S/C17H17N3O/c1-2-21-14-7-5-6-13(10-14)11-19-17-12-18-15-8-3-4-9-16(15)20-17/h3-10,12H,2,11H2,1H3,(H,19,20). The van der Waals surface area contributed by atoms with Crippen LogP contribution >= 0.6 is 0 Å². The van der Waals surface area contributed by atoms with Crippen molar-refractivity contribution in [2.45, 2.75) is 13.5 Å².